The molecule has 1 saturated heterocycles. The fourth-order valence-electron chi connectivity index (χ4n) is 3.59. The molecular weight excluding hydrogens is 272 g/mol. The van der Waals surface area contributed by atoms with E-state index in [0.717, 1.165) is 12.8 Å². The molecule has 0 radical (unpaired) electrons. The number of hydrogen-bond donors (Lipinski definition) is 1. The van der Waals surface area contributed by atoms with E-state index in [9.17, 15) is 20.0 Å². The molecule has 0 aromatic carbocycles. The average molecular weight is 294 g/mol. The lowest BCUT2D eigenvalue weighted by Crippen LogP contribution is -2.54. The second-order valence-electron chi connectivity index (χ2n) is 6.25. The molecule has 0 bridgehead atoms. The predicted octanol–water partition coefficient (Wildman–Crippen LogP) is 1.41. The van der Waals surface area contributed by atoms with Crippen molar-refractivity contribution in [2.45, 2.75) is 38.5 Å². The van der Waals surface area contributed by atoms with Gasteiger partial charge in [0.2, 0.25) is 5.91 Å². The minimum Gasteiger partial charge on any atom is -0.481 e. The van der Waals surface area contributed by atoms with Crippen LogP contribution in [-0.2, 0) is 14.3 Å². The molecule has 1 atom stereocenters. The Kier molecular flexibility index (Phi) is 4.52. The monoisotopic (exact) mass is 294 g/mol. The van der Waals surface area contributed by atoms with Crippen molar-refractivity contribution < 1.29 is 19.4 Å². The fraction of sp³-hybridized carbons (Fsp3) is 0.800. The molecule has 0 spiro atoms. The predicted molar refractivity (Wildman–Crippen MR) is 74.3 cm³/mol. The Morgan fingerprint density at radius 3 is 2.48 bits per heavy atom. The lowest BCUT2D eigenvalue weighted by Gasteiger charge is -2.41. The highest BCUT2D eigenvalue weighted by molar-refractivity contribution is 5.87. The molecule has 1 aliphatic heterocycles. The van der Waals surface area contributed by atoms with E-state index in [2.05, 4.69) is 6.07 Å². The summed E-state index contributed by atoms with van der Waals surface area (Å²) in [6.07, 6.45) is 4.07. The number of rotatable bonds is 4. The molecule has 6 heteroatoms. The van der Waals surface area contributed by atoms with E-state index < -0.39 is 16.8 Å². The molecule has 1 amide bonds. The van der Waals surface area contributed by atoms with Crippen LogP contribution in [0.25, 0.3) is 0 Å². The van der Waals surface area contributed by atoms with Gasteiger partial charge in [-0.05, 0) is 25.7 Å². The van der Waals surface area contributed by atoms with Crippen LogP contribution in [0.2, 0.25) is 0 Å². The standard InChI is InChI=1S/C15H22N2O4/c1-21-11-15(13(19)20)7-4-8-17(10-15)12(18)14(9-16)5-2-3-6-14/h2-8,10-11H2,1H3,(H,19,20)/t15-/m1/s1. The number of carbonyl (C=O) groups is 2. The average Bonchev–Trinajstić information content (AvgIpc) is 2.97. The molecule has 6 nitrogen and oxygen atoms in total. The van der Waals surface area contributed by atoms with Gasteiger partial charge in [-0.1, -0.05) is 12.8 Å². The Labute approximate surface area is 124 Å². The summed E-state index contributed by atoms with van der Waals surface area (Å²) in [5, 5.41) is 18.9. The molecule has 0 unspecified atom stereocenters. The highest BCUT2D eigenvalue weighted by Crippen LogP contribution is 2.41. The van der Waals surface area contributed by atoms with Gasteiger partial charge in [-0.25, -0.2) is 0 Å². The molecule has 1 aliphatic carbocycles. The molecule has 0 aromatic rings. The van der Waals surface area contributed by atoms with Crippen LogP contribution in [0.4, 0.5) is 0 Å². The number of carboxylic acids is 1. The Hall–Kier alpha value is -1.61. The first-order valence-corrected chi connectivity index (χ1v) is 7.43. The Morgan fingerprint density at radius 2 is 1.95 bits per heavy atom. The van der Waals surface area contributed by atoms with Crippen LogP contribution in [-0.4, -0.2) is 48.7 Å². The van der Waals surface area contributed by atoms with Crippen LogP contribution in [0, 0.1) is 22.2 Å². The van der Waals surface area contributed by atoms with E-state index in [0.29, 0.717) is 32.2 Å². The van der Waals surface area contributed by atoms with Crippen molar-refractivity contribution in [2.24, 2.45) is 10.8 Å². The highest BCUT2D eigenvalue weighted by Gasteiger charge is 2.49. The molecule has 0 aromatic heterocycles. The summed E-state index contributed by atoms with van der Waals surface area (Å²) >= 11 is 0. The van der Waals surface area contributed by atoms with Crippen LogP contribution >= 0.6 is 0 Å². The van der Waals surface area contributed by atoms with Gasteiger partial charge in [0.1, 0.15) is 10.8 Å². The molecule has 2 fully saturated rings. The SMILES string of the molecule is COC[C@@]1(C(=O)O)CCCN(C(=O)C2(C#N)CCCC2)C1. The number of amides is 1. The number of nitrogens with zero attached hydrogens (tertiary/aromatic N) is 2. The van der Waals surface area contributed by atoms with Crippen molar-refractivity contribution in [1.29, 1.82) is 5.26 Å². The number of carboxylic acid groups (broad SMARTS) is 1. The number of ether oxygens (including phenoxy) is 1. The first kappa shape index (κ1) is 15.8. The van der Waals surface area contributed by atoms with Crippen molar-refractivity contribution >= 4 is 11.9 Å². The summed E-state index contributed by atoms with van der Waals surface area (Å²) in [4.78, 5) is 25.9. The second kappa shape index (κ2) is 6.02. The molecule has 1 heterocycles. The summed E-state index contributed by atoms with van der Waals surface area (Å²) < 4.78 is 5.07. The van der Waals surface area contributed by atoms with Crippen molar-refractivity contribution in [3.63, 3.8) is 0 Å². The summed E-state index contributed by atoms with van der Waals surface area (Å²) in [6.45, 7) is 0.755. The second-order valence-corrected chi connectivity index (χ2v) is 6.25. The topological polar surface area (TPSA) is 90.6 Å². The maximum Gasteiger partial charge on any atom is 0.313 e. The van der Waals surface area contributed by atoms with Gasteiger partial charge < -0.3 is 14.7 Å². The van der Waals surface area contributed by atoms with Crippen LogP contribution in [0.3, 0.4) is 0 Å². The van der Waals surface area contributed by atoms with Crippen molar-refractivity contribution in [2.75, 3.05) is 26.8 Å². The third-order valence-corrected chi connectivity index (χ3v) is 4.82. The molecule has 21 heavy (non-hydrogen) atoms. The summed E-state index contributed by atoms with van der Waals surface area (Å²) in [6, 6.07) is 2.19. The first-order valence-electron chi connectivity index (χ1n) is 7.43. The van der Waals surface area contributed by atoms with Crippen LogP contribution in [0.5, 0.6) is 0 Å². The summed E-state index contributed by atoms with van der Waals surface area (Å²) in [5.74, 6) is -1.12. The fourth-order valence-corrected chi connectivity index (χ4v) is 3.59. The lowest BCUT2D eigenvalue weighted by molar-refractivity contribution is -0.160. The number of aliphatic carboxylic acids is 1. The van der Waals surface area contributed by atoms with Gasteiger partial charge in [-0.15, -0.1) is 0 Å². The van der Waals surface area contributed by atoms with Crippen molar-refractivity contribution in [3.8, 4) is 6.07 Å². The molecule has 1 saturated carbocycles. The minimum atomic E-state index is -1.04. The van der Waals surface area contributed by atoms with Gasteiger partial charge in [0.25, 0.3) is 0 Å². The van der Waals surface area contributed by atoms with Gasteiger partial charge in [-0.3, -0.25) is 9.59 Å². The van der Waals surface area contributed by atoms with Gasteiger partial charge >= 0.3 is 5.97 Å². The van der Waals surface area contributed by atoms with Crippen LogP contribution in [0.1, 0.15) is 38.5 Å². The minimum absolute atomic E-state index is 0.0890. The zero-order valence-electron chi connectivity index (χ0n) is 12.4. The third-order valence-electron chi connectivity index (χ3n) is 4.82. The molecule has 2 aliphatic rings. The van der Waals surface area contributed by atoms with Gasteiger partial charge in [-0.2, -0.15) is 5.26 Å². The molecule has 2 rings (SSSR count). The van der Waals surface area contributed by atoms with Gasteiger partial charge in [0.05, 0.1) is 12.7 Å². The van der Waals surface area contributed by atoms with E-state index >= 15 is 0 Å². The van der Waals surface area contributed by atoms with Crippen LogP contribution < -0.4 is 0 Å². The number of methoxy groups -OCH3 is 1. The van der Waals surface area contributed by atoms with E-state index in [-0.39, 0.29) is 19.1 Å². The largest absolute Gasteiger partial charge is 0.481 e. The number of carbonyl (C=O) groups excluding carboxylic acids is 1. The first-order chi connectivity index (χ1) is 9.99. The third kappa shape index (κ3) is 2.75. The number of hydrogen-bond acceptors (Lipinski definition) is 4. The van der Waals surface area contributed by atoms with E-state index in [1.165, 1.54) is 7.11 Å². The lowest BCUT2D eigenvalue weighted by atomic mass is 9.78. The number of likely N-dealkylation sites (tertiary alicyclic amines) is 1. The molecular formula is C15H22N2O4. The Bertz CT molecular complexity index is 461. The Balaban J connectivity index is 2.19. The van der Waals surface area contributed by atoms with E-state index in [4.69, 9.17) is 4.74 Å². The number of nitriles is 1. The number of piperidine rings is 1. The zero-order valence-corrected chi connectivity index (χ0v) is 12.4. The van der Waals surface area contributed by atoms with Crippen LogP contribution in [0.15, 0.2) is 0 Å². The normalized spacial score (nSPS) is 28.1. The quantitative estimate of drug-likeness (QED) is 0.846. The zero-order chi connectivity index (χ0) is 15.5. The van der Waals surface area contributed by atoms with E-state index in [1.807, 2.05) is 0 Å². The maximum atomic E-state index is 12.7. The highest BCUT2D eigenvalue weighted by atomic mass is 16.5. The van der Waals surface area contributed by atoms with Gasteiger partial charge in [0.15, 0.2) is 0 Å². The molecule has 1 N–H and O–H groups in total. The smallest absolute Gasteiger partial charge is 0.313 e. The van der Waals surface area contributed by atoms with Crippen molar-refractivity contribution in [1.82, 2.24) is 4.90 Å². The molecule has 116 valence electrons. The summed E-state index contributed by atoms with van der Waals surface area (Å²) in [5.41, 5.74) is -1.98. The summed E-state index contributed by atoms with van der Waals surface area (Å²) in [7, 11) is 1.47. The Morgan fingerprint density at radius 1 is 1.29 bits per heavy atom. The van der Waals surface area contributed by atoms with Crippen molar-refractivity contribution in [3.05, 3.63) is 0 Å². The maximum absolute atomic E-state index is 12.7. The van der Waals surface area contributed by atoms with Gasteiger partial charge in [0, 0.05) is 20.2 Å². The van der Waals surface area contributed by atoms with E-state index in [1.54, 1.807) is 4.90 Å².